The molecule has 0 aliphatic carbocycles. The van der Waals surface area contributed by atoms with Gasteiger partial charge in [0.15, 0.2) is 0 Å². The first kappa shape index (κ1) is 32.7. The maximum Gasteiger partial charge on any atom is 0.116 e. The van der Waals surface area contributed by atoms with Gasteiger partial charge < -0.3 is 14.0 Å². The Morgan fingerprint density at radius 1 is 0.397 bits per heavy atom. The molecule has 0 atom stereocenters. The van der Waals surface area contributed by atoms with E-state index in [1.54, 1.807) is 0 Å². The lowest BCUT2D eigenvalue weighted by Gasteiger charge is -2.42. The van der Waals surface area contributed by atoms with Crippen LogP contribution in [0.25, 0.3) is 77.3 Å². The molecule has 58 heavy (non-hydrogen) atoms. The summed E-state index contributed by atoms with van der Waals surface area (Å²) in [4.78, 5) is 13.3. The van der Waals surface area contributed by atoms with Crippen molar-refractivity contribution in [3.8, 4) is 22.6 Å². The quantitative estimate of drug-likeness (QED) is 0.180. The maximum atomic E-state index is 5.57. The average molecular weight is 744 g/mol. The van der Waals surface area contributed by atoms with Crippen LogP contribution in [0.5, 0.6) is 0 Å². The number of anilines is 3. The van der Waals surface area contributed by atoms with Gasteiger partial charge in [0.25, 0.3) is 0 Å². The summed E-state index contributed by atoms with van der Waals surface area (Å²) in [5, 5.41) is 4.85. The molecule has 0 amide bonds. The Hall–Kier alpha value is -7.50. The summed E-state index contributed by atoms with van der Waals surface area (Å²) in [5.41, 5.74) is 16.1. The van der Waals surface area contributed by atoms with Crippen LogP contribution in [-0.4, -0.2) is 19.1 Å². The molecular formula is C53H37N5. The molecule has 8 aromatic carbocycles. The third kappa shape index (κ3) is 4.58. The van der Waals surface area contributed by atoms with Gasteiger partial charge in [-0.3, -0.25) is 4.98 Å². The summed E-state index contributed by atoms with van der Waals surface area (Å²) >= 11 is 0. The molecule has 4 heterocycles. The van der Waals surface area contributed by atoms with Crippen molar-refractivity contribution >= 4 is 71.7 Å². The second-order valence-electron chi connectivity index (χ2n) is 15.8. The molecule has 5 heteroatoms. The fourth-order valence-corrected chi connectivity index (χ4v) is 9.66. The molecule has 0 saturated carbocycles. The summed E-state index contributed by atoms with van der Waals surface area (Å²) in [6.07, 6.45) is 1.94. The molecule has 0 fully saturated rings. The first-order chi connectivity index (χ1) is 28.6. The minimum Gasteiger partial charge on any atom is -0.310 e. The van der Waals surface area contributed by atoms with Crippen molar-refractivity contribution in [3.63, 3.8) is 0 Å². The Bertz CT molecular complexity index is 3290. The minimum absolute atomic E-state index is 0.115. The third-order valence-corrected chi connectivity index (χ3v) is 12.4. The van der Waals surface area contributed by atoms with E-state index < -0.39 is 0 Å². The summed E-state index contributed by atoms with van der Waals surface area (Å²) in [6, 6.07) is 65.4. The third-order valence-electron chi connectivity index (χ3n) is 12.4. The summed E-state index contributed by atoms with van der Waals surface area (Å²) < 4.78 is 4.71. The average Bonchev–Trinajstić information content (AvgIpc) is 3.79. The number of aromatic nitrogens is 4. The number of benzene rings is 8. The topological polar surface area (TPSA) is 38.9 Å². The molecule has 1 aliphatic heterocycles. The van der Waals surface area contributed by atoms with Crippen LogP contribution in [0.3, 0.4) is 0 Å². The van der Waals surface area contributed by atoms with Crippen molar-refractivity contribution in [1.29, 1.82) is 0 Å². The first-order valence-electron chi connectivity index (χ1n) is 19.9. The summed E-state index contributed by atoms with van der Waals surface area (Å²) in [5.74, 6) is 0. The van der Waals surface area contributed by atoms with Gasteiger partial charge in [0.1, 0.15) is 11.0 Å². The fourth-order valence-electron chi connectivity index (χ4n) is 9.66. The van der Waals surface area contributed by atoms with E-state index in [0.29, 0.717) is 0 Å². The molecule has 12 rings (SSSR count). The zero-order chi connectivity index (χ0) is 38.5. The maximum absolute atomic E-state index is 5.57. The van der Waals surface area contributed by atoms with Gasteiger partial charge >= 0.3 is 0 Å². The predicted octanol–water partition coefficient (Wildman–Crippen LogP) is 13.6. The molecule has 0 bridgehead atoms. The predicted molar refractivity (Wildman–Crippen MR) is 240 cm³/mol. The number of hydrogen-bond acceptors (Lipinski definition) is 3. The van der Waals surface area contributed by atoms with Crippen LogP contribution in [0.1, 0.15) is 25.0 Å². The van der Waals surface area contributed by atoms with Gasteiger partial charge in [0.2, 0.25) is 0 Å². The molecular weight excluding hydrogens is 707 g/mol. The van der Waals surface area contributed by atoms with E-state index in [1.807, 2.05) is 6.20 Å². The molecule has 3 aromatic heterocycles. The zero-order valence-corrected chi connectivity index (χ0v) is 32.1. The van der Waals surface area contributed by atoms with Gasteiger partial charge in [0.05, 0.1) is 56.7 Å². The van der Waals surface area contributed by atoms with Crippen LogP contribution >= 0.6 is 0 Å². The normalized spacial score (nSPS) is 13.4. The molecule has 0 unspecified atom stereocenters. The van der Waals surface area contributed by atoms with E-state index in [4.69, 9.17) is 9.97 Å². The minimum atomic E-state index is -0.115. The summed E-state index contributed by atoms with van der Waals surface area (Å²) in [6.45, 7) is 4.65. The molecule has 11 aromatic rings. The molecule has 0 radical (unpaired) electrons. The monoisotopic (exact) mass is 743 g/mol. The molecule has 0 N–H and O–H groups in total. The number of hydrogen-bond donors (Lipinski definition) is 0. The Morgan fingerprint density at radius 2 is 0.810 bits per heavy atom. The van der Waals surface area contributed by atoms with E-state index in [2.05, 4.69) is 210 Å². The Labute approximate surface area is 335 Å². The van der Waals surface area contributed by atoms with E-state index in [1.165, 1.54) is 44.0 Å². The molecule has 0 spiro atoms. The molecule has 1 aliphatic rings. The summed E-state index contributed by atoms with van der Waals surface area (Å²) in [7, 11) is 0. The molecule has 0 saturated heterocycles. The van der Waals surface area contributed by atoms with Crippen LogP contribution in [0, 0.1) is 0 Å². The van der Waals surface area contributed by atoms with Gasteiger partial charge in [-0.05, 0) is 71.8 Å². The highest BCUT2D eigenvalue weighted by Crippen LogP contribution is 2.51. The van der Waals surface area contributed by atoms with Crippen molar-refractivity contribution < 1.29 is 0 Å². The lowest BCUT2D eigenvalue weighted by atomic mass is 9.73. The number of fused-ring (bicyclic) bond motifs is 9. The highest BCUT2D eigenvalue weighted by molar-refractivity contribution is 6.12. The Balaban J connectivity index is 1.08. The number of para-hydroxylation sites is 6. The fraction of sp³-hybridized carbons (Fsp3) is 0.0566. The lowest BCUT2D eigenvalue weighted by molar-refractivity contribution is 0.632. The van der Waals surface area contributed by atoms with Gasteiger partial charge in [0, 0.05) is 38.2 Å². The van der Waals surface area contributed by atoms with Crippen molar-refractivity contribution in [2.45, 2.75) is 19.3 Å². The molecule has 274 valence electrons. The first-order valence-corrected chi connectivity index (χ1v) is 19.9. The van der Waals surface area contributed by atoms with Crippen molar-refractivity contribution in [2.24, 2.45) is 0 Å². The number of nitrogens with zero attached hydrogens (tertiary/aromatic N) is 5. The van der Waals surface area contributed by atoms with Gasteiger partial charge in [-0.1, -0.05) is 135 Å². The van der Waals surface area contributed by atoms with Crippen LogP contribution in [0.2, 0.25) is 0 Å². The van der Waals surface area contributed by atoms with Crippen molar-refractivity contribution in [2.75, 3.05) is 4.90 Å². The van der Waals surface area contributed by atoms with Gasteiger partial charge in [-0.15, -0.1) is 0 Å². The SMILES string of the molecule is CC1(C)c2ccccc2N(c2ccc(-c3cnc4c(-n5c6ccccc6c6ccccc65)ccc(-n5c6ccccc6c6ccccc65)c4n3)cc2)c2ccccc21. The van der Waals surface area contributed by atoms with Crippen LogP contribution in [0.15, 0.2) is 188 Å². The number of rotatable bonds is 4. The van der Waals surface area contributed by atoms with Crippen LogP contribution < -0.4 is 4.90 Å². The zero-order valence-electron chi connectivity index (χ0n) is 32.1. The lowest BCUT2D eigenvalue weighted by Crippen LogP contribution is -2.30. The van der Waals surface area contributed by atoms with Crippen LogP contribution in [-0.2, 0) is 5.41 Å². The van der Waals surface area contributed by atoms with E-state index >= 15 is 0 Å². The highest BCUT2D eigenvalue weighted by Gasteiger charge is 2.36. The van der Waals surface area contributed by atoms with Gasteiger partial charge in [-0.2, -0.15) is 0 Å². The van der Waals surface area contributed by atoms with Crippen LogP contribution in [0.4, 0.5) is 17.1 Å². The Morgan fingerprint density at radius 3 is 1.29 bits per heavy atom. The molecule has 5 nitrogen and oxygen atoms in total. The second-order valence-corrected chi connectivity index (χ2v) is 15.8. The van der Waals surface area contributed by atoms with E-state index in [0.717, 1.165) is 61.4 Å². The van der Waals surface area contributed by atoms with Crippen molar-refractivity contribution in [1.82, 2.24) is 19.1 Å². The largest absolute Gasteiger partial charge is 0.310 e. The highest BCUT2D eigenvalue weighted by atomic mass is 15.2. The second kappa shape index (κ2) is 12.2. The standard InChI is InChI=1S/C53H37N5/c1-53(2)40-19-7-13-25-47(40)56(48-26-14-8-20-41(48)53)35-29-27-34(28-30-35)42-33-54-51-49(57-43-21-9-3-15-36(43)37-16-4-10-22-44(37)57)31-32-50(52(51)55-42)58-45-23-11-5-17-38(45)39-18-6-12-24-46(39)58/h3-33H,1-2H3. The van der Waals surface area contributed by atoms with E-state index in [-0.39, 0.29) is 5.41 Å². The van der Waals surface area contributed by atoms with Crippen molar-refractivity contribution in [3.05, 3.63) is 199 Å². The Kier molecular flexibility index (Phi) is 6.91. The van der Waals surface area contributed by atoms with Gasteiger partial charge in [-0.25, -0.2) is 4.98 Å². The van der Waals surface area contributed by atoms with E-state index in [9.17, 15) is 0 Å². The smallest absolute Gasteiger partial charge is 0.116 e.